The Labute approximate surface area is 110 Å². The molecule has 2 rings (SSSR count). The molecular weight excluding hydrogens is 228 g/mol. The summed E-state index contributed by atoms with van der Waals surface area (Å²) in [4.78, 5) is 11.5. The zero-order valence-corrected chi connectivity index (χ0v) is 11.4. The summed E-state index contributed by atoms with van der Waals surface area (Å²) in [6, 6.07) is 1.10. The second kappa shape index (κ2) is 7.10. The van der Waals surface area contributed by atoms with Crippen LogP contribution in [0.25, 0.3) is 0 Å². The molecule has 18 heavy (non-hydrogen) atoms. The number of hydrogen-bond donors (Lipinski definition) is 2. The molecule has 104 valence electrons. The maximum atomic E-state index is 11.5. The Morgan fingerprint density at radius 2 is 1.78 bits per heavy atom. The number of carbonyl (C=O) groups is 1. The average Bonchev–Trinajstić information content (AvgIpc) is 3.19. The number of nitrogens with one attached hydrogen (secondary N) is 2. The third-order valence-electron chi connectivity index (χ3n) is 3.75. The Balaban J connectivity index is 1.53. The van der Waals surface area contributed by atoms with E-state index in [1.165, 1.54) is 19.3 Å². The first kappa shape index (κ1) is 13.8. The maximum Gasteiger partial charge on any atom is 0.246 e. The quantitative estimate of drug-likeness (QED) is 0.725. The van der Waals surface area contributed by atoms with Gasteiger partial charge in [0.2, 0.25) is 5.91 Å². The molecule has 1 amide bonds. The van der Waals surface area contributed by atoms with Gasteiger partial charge in [0, 0.05) is 12.1 Å². The lowest BCUT2D eigenvalue weighted by atomic mass is 9.93. The van der Waals surface area contributed by atoms with E-state index in [-0.39, 0.29) is 18.6 Å². The molecule has 0 unspecified atom stereocenters. The predicted octanol–water partition coefficient (Wildman–Crippen LogP) is 1.59. The van der Waals surface area contributed by atoms with E-state index in [1.54, 1.807) is 0 Å². The van der Waals surface area contributed by atoms with Crippen molar-refractivity contribution in [3.63, 3.8) is 0 Å². The Bertz CT molecular complexity index is 259. The number of amides is 1. The van der Waals surface area contributed by atoms with Crippen LogP contribution < -0.4 is 10.6 Å². The van der Waals surface area contributed by atoms with E-state index < -0.39 is 0 Å². The van der Waals surface area contributed by atoms with Gasteiger partial charge in [0.25, 0.3) is 0 Å². The van der Waals surface area contributed by atoms with Crippen LogP contribution in [0.2, 0.25) is 0 Å². The molecule has 0 saturated heterocycles. The van der Waals surface area contributed by atoms with Gasteiger partial charge < -0.3 is 15.4 Å². The van der Waals surface area contributed by atoms with Crippen LogP contribution in [0.1, 0.15) is 51.9 Å². The fourth-order valence-corrected chi connectivity index (χ4v) is 2.47. The van der Waals surface area contributed by atoms with Crippen LogP contribution in [0, 0.1) is 0 Å². The number of rotatable bonds is 7. The highest BCUT2D eigenvalue weighted by Gasteiger charge is 2.25. The fraction of sp³-hybridized carbons (Fsp3) is 0.929. The van der Waals surface area contributed by atoms with E-state index in [4.69, 9.17) is 4.74 Å². The highest BCUT2D eigenvalue weighted by Crippen LogP contribution is 2.21. The van der Waals surface area contributed by atoms with Crippen molar-refractivity contribution >= 4 is 5.91 Å². The zero-order valence-electron chi connectivity index (χ0n) is 11.4. The van der Waals surface area contributed by atoms with Crippen molar-refractivity contribution in [3.05, 3.63) is 0 Å². The minimum atomic E-state index is 0.0590. The first-order valence-electron chi connectivity index (χ1n) is 7.42. The van der Waals surface area contributed by atoms with Gasteiger partial charge in [-0.05, 0) is 51.5 Å². The van der Waals surface area contributed by atoms with Crippen LogP contribution in [0.5, 0.6) is 0 Å². The Morgan fingerprint density at radius 3 is 2.39 bits per heavy atom. The molecule has 0 aromatic carbocycles. The van der Waals surface area contributed by atoms with E-state index in [1.807, 2.05) is 0 Å². The summed E-state index contributed by atoms with van der Waals surface area (Å²) >= 11 is 0. The van der Waals surface area contributed by atoms with E-state index in [9.17, 15) is 4.79 Å². The van der Waals surface area contributed by atoms with Gasteiger partial charge in [-0.25, -0.2) is 0 Å². The van der Waals surface area contributed by atoms with Crippen molar-refractivity contribution in [1.82, 2.24) is 10.6 Å². The third-order valence-corrected chi connectivity index (χ3v) is 3.75. The lowest BCUT2D eigenvalue weighted by Crippen LogP contribution is -2.37. The van der Waals surface area contributed by atoms with Gasteiger partial charge >= 0.3 is 0 Å². The number of hydrogen-bond acceptors (Lipinski definition) is 3. The van der Waals surface area contributed by atoms with Crippen molar-refractivity contribution in [2.75, 3.05) is 13.2 Å². The van der Waals surface area contributed by atoms with Crippen LogP contribution >= 0.6 is 0 Å². The minimum absolute atomic E-state index is 0.0590. The number of ether oxygens (including phenoxy) is 1. The molecule has 0 bridgehead atoms. The Hall–Kier alpha value is -0.610. The van der Waals surface area contributed by atoms with Gasteiger partial charge in [-0.2, -0.15) is 0 Å². The summed E-state index contributed by atoms with van der Waals surface area (Å²) < 4.78 is 5.69. The van der Waals surface area contributed by atoms with Crippen LogP contribution in [0.3, 0.4) is 0 Å². The number of carbonyl (C=O) groups excluding carboxylic acids is 1. The standard InChI is InChI=1S/C14H26N2O2/c1-2-9-15-11-5-7-13(8-6-11)18-10-14(17)16-12-3-4-12/h11-13,15H,2-10H2,1H3,(H,16,17). The van der Waals surface area contributed by atoms with Gasteiger partial charge in [-0.1, -0.05) is 6.92 Å². The molecule has 0 atom stereocenters. The second-order valence-electron chi connectivity index (χ2n) is 5.58. The average molecular weight is 254 g/mol. The summed E-state index contributed by atoms with van der Waals surface area (Å²) in [6.07, 6.45) is 8.27. The van der Waals surface area contributed by atoms with Crippen molar-refractivity contribution in [2.45, 2.75) is 70.1 Å². The molecule has 0 aliphatic heterocycles. The maximum absolute atomic E-state index is 11.5. The zero-order chi connectivity index (χ0) is 12.8. The largest absolute Gasteiger partial charge is 0.368 e. The molecule has 2 aliphatic rings. The van der Waals surface area contributed by atoms with E-state index in [0.717, 1.165) is 32.2 Å². The summed E-state index contributed by atoms with van der Waals surface area (Å²) in [5.41, 5.74) is 0. The first-order valence-corrected chi connectivity index (χ1v) is 7.42. The van der Waals surface area contributed by atoms with Crippen LogP contribution in [0.15, 0.2) is 0 Å². The minimum Gasteiger partial charge on any atom is -0.368 e. The van der Waals surface area contributed by atoms with Crippen LogP contribution in [0.4, 0.5) is 0 Å². The van der Waals surface area contributed by atoms with Crippen molar-refractivity contribution in [1.29, 1.82) is 0 Å². The lowest BCUT2D eigenvalue weighted by Gasteiger charge is -2.29. The van der Waals surface area contributed by atoms with Gasteiger partial charge in [-0.15, -0.1) is 0 Å². The first-order chi connectivity index (χ1) is 8.78. The fourth-order valence-electron chi connectivity index (χ4n) is 2.47. The van der Waals surface area contributed by atoms with E-state index in [0.29, 0.717) is 12.1 Å². The molecule has 0 heterocycles. The molecular formula is C14H26N2O2. The smallest absolute Gasteiger partial charge is 0.246 e. The molecule has 2 saturated carbocycles. The van der Waals surface area contributed by atoms with Crippen molar-refractivity contribution in [3.8, 4) is 0 Å². The predicted molar refractivity (Wildman–Crippen MR) is 71.5 cm³/mol. The molecule has 2 N–H and O–H groups in total. The normalized spacial score (nSPS) is 28.1. The van der Waals surface area contributed by atoms with Gasteiger partial charge in [-0.3, -0.25) is 4.79 Å². The van der Waals surface area contributed by atoms with Crippen LogP contribution in [-0.4, -0.2) is 37.2 Å². The molecule has 0 aromatic rings. The van der Waals surface area contributed by atoms with E-state index in [2.05, 4.69) is 17.6 Å². The Morgan fingerprint density at radius 1 is 1.11 bits per heavy atom. The van der Waals surface area contributed by atoms with Crippen molar-refractivity contribution in [2.24, 2.45) is 0 Å². The second-order valence-corrected chi connectivity index (χ2v) is 5.58. The topological polar surface area (TPSA) is 50.4 Å². The summed E-state index contributed by atoms with van der Waals surface area (Å²) in [5, 5.41) is 6.51. The van der Waals surface area contributed by atoms with Gasteiger partial charge in [0.05, 0.1) is 6.10 Å². The molecule has 2 aliphatic carbocycles. The highest BCUT2D eigenvalue weighted by atomic mass is 16.5. The van der Waals surface area contributed by atoms with Crippen LogP contribution in [-0.2, 0) is 9.53 Å². The molecule has 2 fully saturated rings. The SMILES string of the molecule is CCCNC1CCC(OCC(=O)NC2CC2)CC1. The lowest BCUT2D eigenvalue weighted by molar-refractivity contribution is -0.128. The third kappa shape index (κ3) is 4.94. The molecule has 0 radical (unpaired) electrons. The Kier molecular flexibility index (Phi) is 5.45. The summed E-state index contributed by atoms with van der Waals surface area (Å²) in [7, 11) is 0. The monoisotopic (exact) mass is 254 g/mol. The molecule has 0 aromatic heterocycles. The van der Waals surface area contributed by atoms with Gasteiger partial charge in [0.1, 0.15) is 6.61 Å². The molecule has 4 heteroatoms. The molecule has 0 spiro atoms. The van der Waals surface area contributed by atoms with Gasteiger partial charge in [0.15, 0.2) is 0 Å². The van der Waals surface area contributed by atoms with E-state index >= 15 is 0 Å². The van der Waals surface area contributed by atoms with Crippen molar-refractivity contribution < 1.29 is 9.53 Å². The molecule has 4 nitrogen and oxygen atoms in total. The highest BCUT2D eigenvalue weighted by molar-refractivity contribution is 5.77. The summed E-state index contributed by atoms with van der Waals surface area (Å²) in [5.74, 6) is 0.0590. The summed E-state index contributed by atoms with van der Waals surface area (Å²) in [6.45, 7) is 3.55.